The first-order chi connectivity index (χ1) is 12.9. The Labute approximate surface area is 159 Å². The lowest BCUT2D eigenvalue weighted by Gasteiger charge is -2.12. The summed E-state index contributed by atoms with van der Waals surface area (Å²) in [5.41, 5.74) is 0.828. The van der Waals surface area contributed by atoms with Crippen LogP contribution < -0.4 is 20.1 Å². The van der Waals surface area contributed by atoms with E-state index in [0.717, 1.165) is 6.42 Å². The molecule has 1 aromatic carbocycles. The molecule has 0 radical (unpaired) electrons. The fourth-order valence-electron chi connectivity index (χ4n) is 2.34. The Bertz CT molecular complexity index is 806. The topological polar surface area (TPSA) is 89.5 Å². The summed E-state index contributed by atoms with van der Waals surface area (Å²) in [5.74, 6) is 0.839. The van der Waals surface area contributed by atoms with Crippen molar-refractivity contribution in [1.29, 1.82) is 0 Å². The maximum atomic E-state index is 12.5. The molecule has 0 spiro atoms. The number of carbonyl (C=O) groups is 2. The largest absolute Gasteiger partial charge is 0.497 e. The average molecular weight is 371 g/mol. The van der Waals surface area contributed by atoms with Crippen LogP contribution in [0.25, 0.3) is 0 Å². The monoisotopic (exact) mass is 371 g/mol. The third kappa shape index (κ3) is 5.70. The minimum absolute atomic E-state index is 0.143. The molecule has 0 saturated heterocycles. The van der Waals surface area contributed by atoms with Crippen LogP contribution in [0.1, 0.15) is 41.2 Å². The number of nitrogens with zero attached hydrogens (tertiary/aromatic N) is 1. The predicted octanol–water partition coefficient (Wildman–Crippen LogP) is 3.13. The average Bonchev–Trinajstić information content (AvgIpc) is 2.67. The quantitative estimate of drug-likeness (QED) is 0.744. The SMILES string of the molecule is COc1ccc(NC(=O)c2cccc(C(=O)NCCC(C)C)n2)c(OC)c1. The first-order valence-electron chi connectivity index (χ1n) is 8.73. The molecule has 1 heterocycles. The second-order valence-electron chi connectivity index (χ2n) is 6.37. The molecule has 1 aromatic heterocycles. The number of ether oxygens (including phenoxy) is 2. The number of pyridine rings is 1. The standard InChI is InChI=1S/C20H25N3O4/c1-13(2)10-11-21-19(24)16-6-5-7-17(22-16)20(25)23-15-9-8-14(26-3)12-18(15)27-4/h5-9,12-13H,10-11H2,1-4H3,(H,21,24)(H,23,25). The Morgan fingerprint density at radius 3 is 2.37 bits per heavy atom. The molecule has 0 aliphatic heterocycles. The smallest absolute Gasteiger partial charge is 0.274 e. The molecule has 2 aromatic rings. The van der Waals surface area contributed by atoms with Gasteiger partial charge in [-0.1, -0.05) is 19.9 Å². The molecule has 2 rings (SSSR count). The highest BCUT2D eigenvalue weighted by Gasteiger charge is 2.14. The van der Waals surface area contributed by atoms with E-state index in [0.29, 0.717) is 29.6 Å². The van der Waals surface area contributed by atoms with Gasteiger partial charge in [-0.15, -0.1) is 0 Å². The van der Waals surface area contributed by atoms with Crippen LogP contribution in [-0.2, 0) is 0 Å². The zero-order chi connectivity index (χ0) is 19.8. The zero-order valence-corrected chi connectivity index (χ0v) is 16.0. The van der Waals surface area contributed by atoms with Gasteiger partial charge in [-0.25, -0.2) is 4.98 Å². The Hall–Kier alpha value is -3.09. The van der Waals surface area contributed by atoms with Crippen molar-refractivity contribution in [3.8, 4) is 11.5 Å². The van der Waals surface area contributed by atoms with Crippen LogP contribution in [0.2, 0.25) is 0 Å². The number of nitrogens with one attached hydrogen (secondary N) is 2. The fourth-order valence-corrected chi connectivity index (χ4v) is 2.34. The lowest BCUT2D eigenvalue weighted by atomic mass is 10.1. The van der Waals surface area contributed by atoms with E-state index in [4.69, 9.17) is 9.47 Å². The van der Waals surface area contributed by atoms with Crippen molar-refractivity contribution in [1.82, 2.24) is 10.3 Å². The molecule has 2 N–H and O–H groups in total. The van der Waals surface area contributed by atoms with Crippen molar-refractivity contribution in [3.63, 3.8) is 0 Å². The van der Waals surface area contributed by atoms with E-state index in [1.807, 2.05) is 0 Å². The highest BCUT2D eigenvalue weighted by molar-refractivity contribution is 6.04. The number of benzene rings is 1. The summed E-state index contributed by atoms with van der Waals surface area (Å²) in [7, 11) is 3.06. The van der Waals surface area contributed by atoms with Crippen molar-refractivity contribution in [2.24, 2.45) is 5.92 Å². The van der Waals surface area contributed by atoms with E-state index in [2.05, 4.69) is 29.5 Å². The van der Waals surface area contributed by atoms with Crippen molar-refractivity contribution in [2.75, 3.05) is 26.1 Å². The number of aromatic nitrogens is 1. The van der Waals surface area contributed by atoms with Crippen LogP contribution in [0.5, 0.6) is 11.5 Å². The van der Waals surface area contributed by atoms with Crippen LogP contribution in [-0.4, -0.2) is 37.6 Å². The first kappa shape index (κ1) is 20.2. The number of rotatable bonds is 8. The van der Waals surface area contributed by atoms with Gasteiger partial charge in [-0.05, 0) is 36.6 Å². The van der Waals surface area contributed by atoms with Crippen molar-refractivity contribution >= 4 is 17.5 Å². The molecular formula is C20H25N3O4. The molecule has 0 aliphatic rings. The van der Waals surface area contributed by atoms with Gasteiger partial charge in [0.1, 0.15) is 22.9 Å². The van der Waals surface area contributed by atoms with E-state index < -0.39 is 5.91 Å². The number of anilines is 1. The number of carbonyl (C=O) groups excluding carboxylic acids is 2. The third-order valence-corrected chi connectivity index (χ3v) is 3.88. The van der Waals surface area contributed by atoms with Crippen LogP contribution in [0.15, 0.2) is 36.4 Å². The third-order valence-electron chi connectivity index (χ3n) is 3.88. The van der Waals surface area contributed by atoms with Gasteiger partial charge in [0.15, 0.2) is 0 Å². The zero-order valence-electron chi connectivity index (χ0n) is 16.0. The van der Waals surface area contributed by atoms with Gasteiger partial charge in [0.25, 0.3) is 11.8 Å². The minimum Gasteiger partial charge on any atom is -0.497 e. The van der Waals surface area contributed by atoms with Gasteiger partial charge in [0.2, 0.25) is 0 Å². The van der Waals surface area contributed by atoms with Gasteiger partial charge in [-0.2, -0.15) is 0 Å². The summed E-state index contributed by atoms with van der Waals surface area (Å²) in [6.45, 7) is 4.74. The molecule has 0 atom stereocenters. The summed E-state index contributed by atoms with van der Waals surface area (Å²) in [6.07, 6.45) is 0.878. The molecule has 0 fully saturated rings. The first-order valence-corrected chi connectivity index (χ1v) is 8.73. The van der Waals surface area contributed by atoms with Crippen LogP contribution >= 0.6 is 0 Å². The Morgan fingerprint density at radius 2 is 1.74 bits per heavy atom. The predicted molar refractivity (Wildman–Crippen MR) is 104 cm³/mol. The molecule has 0 aliphatic carbocycles. The molecule has 0 saturated carbocycles. The van der Waals surface area contributed by atoms with Crippen LogP contribution in [0.3, 0.4) is 0 Å². The maximum absolute atomic E-state index is 12.5. The van der Waals surface area contributed by atoms with E-state index >= 15 is 0 Å². The van der Waals surface area contributed by atoms with Crippen molar-refractivity contribution in [3.05, 3.63) is 47.8 Å². The second-order valence-corrected chi connectivity index (χ2v) is 6.37. The Morgan fingerprint density at radius 1 is 1.04 bits per heavy atom. The number of hydrogen-bond donors (Lipinski definition) is 2. The van der Waals surface area contributed by atoms with Crippen LogP contribution in [0.4, 0.5) is 5.69 Å². The van der Waals surface area contributed by atoms with E-state index in [1.165, 1.54) is 7.11 Å². The summed E-state index contributed by atoms with van der Waals surface area (Å²) in [6, 6.07) is 9.82. The summed E-state index contributed by atoms with van der Waals surface area (Å²) in [4.78, 5) is 28.9. The van der Waals surface area contributed by atoms with Gasteiger partial charge in [-0.3, -0.25) is 9.59 Å². The summed E-state index contributed by atoms with van der Waals surface area (Å²) in [5, 5.41) is 5.55. The number of hydrogen-bond acceptors (Lipinski definition) is 5. The molecule has 27 heavy (non-hydrogen) atoms. The summed E-state index contributed by atoms with van der Waals surface area (Å²) < 4.78 is 10.4. The molecule has 0 unspecified atom stereocenters. The number of methoxy groups -OCH3 is 2. The molecule has 7 heteroatoms. The van der Waals surface area contributed by atoms with Gasteiger partial charge < -0.3 is 20.1 Å². The van der Waals surface area contributed by atoms with Gasteiger partial charge in [0, 0.05) is 12.6 Å². The van der Waals surface area contributed by atoms with Crippen LogP contribution in [0, 0.1) is 5.92 Å². The minimum atomic E-state index is -0.435. The molecular weight excluding hydrogens is 346 g/mol. The molecule has 7 nitrogen and oxygen atoms in total. The van der Waals surface area contributed by atoms with E-state index in [1.54, 1.807) is 43.5 Å². The molecule has 0 bridgehead atoms. The molecule has 2 amide bonds. The highest BCUT2D eigenvalue weighted by atomic mass is 16.5. The highest BCUT2D eigenvalue weighted by Crippen LogP contribution is 2.29. The van der Waals surface area contributed by atoms with Gasteiger partial charge >= 0.3 is 0 Å². The van der Waals surface area contributed by atoms with E-state index in [9.17, 15) is 9.59 Å². The molecule has 144 valence electrons. The summed E-state index contributed by atoms with van der Waals surface area (Å²) >= 11 is 0. The lowest BCUT2D eigenvalue weighted by molar-refractivity contribution is 0.0947. The maximum Gasteiger partial charge on any atom is 0.274 e. The Balaban J connectivity index is 2.10. The Kier molecular flexibility index (Phi) is 7.16. The second kappa shape index (κ2) is 9.56. The van der Waals surface area contributed by atoms with E-state index in [-0.39, 0.29) is 17.3 Å². The normalized spacial score (nSPS) is 10.4. The number of amides is 2. The van der Waals surface area contributed by atoms with Crippen molar-refractivity contribution in [2.45, 2.75) is 20.3 Å². The van der Waals surface area contributed by atoms with Gasteiger partial charge in [0.05, 0.1) is 19.9 Å². The fraction of sp³-hybridized carbons (Fsp3) is 0.350. The lowest BCUT2D eigenvalue weighted by Crippen LogP contribution is -2.27. The van der Waals surface area contributed by atoms with Crippen molar-refractivity contribution < 1.29 is 19.1 Å².